The number of imidazole rings is 1. The summed E-state index contributed by atoms with van der Waals surface area (Å²) in [5.41, 5.74) is 4.31. The number of alkyl halides is 1. The van der Waals surface area contributed by atoms with Crippen LogP contribution in [-0.4, -0.2) is 16.7 Å². The second-order valence-electron chi connectivity index (χ2n) is 4.80. The van der Waals surface area contributed by atoms with Gasteiger partial charge < -0.3 is 9.30 Å². The van der Waals surface area contributed by atoms with Gasteiger partial charge in [-0.2, -0.15) is 0 Å². The molecule has 3 nitrogen and oxygen atoms in total. The van der Waals surface area contributed by atoms with Crippen LogP contribution >= 0.6 is 27.5 Å². The van der Waals surface area contributed by atoms with Crippen molar-refractivity contribution in [3.8, 4) is 5.75 Å². The molecule has 0 N–H and O–H groups in total. The Balaban J connectivity index is 1.98. The van der Waals surface area contributed by atoms with E-state index in [2.05, 4.69) is 43.7 Å². The molecule has 0 atom stereocenters. The van der Waals surface area contributed by atoms with Gasteiger partial charge in [0.05, 0.1) is 19.0 Å². The molecule has 0 aliphatic carbocycles. The van der Waals surface area contributed by atoms with E-state index in [1.165, 1.54) is 5.56 Å². The lowest BCUT2D eigenvalue weighted by Gasteiger charge is -2.07. The van der Waals surface area contributed by atoms with Crippen molar-refractivity contribution < 1.29 is 4.74 Å². The van der Waals surface area contributed by atoms with Crippen LogP contribution in [0.3, 0.4) is 0 Å². The first kappa shape index (κ1) is 14.4. The number of aromatic nitrogens is 2. The van der Waals surface area contributed by atoms with Crippen LogP contribution in [-0.2, 0) is 12.4 Å². The lowest BCUT2D eigenvalue weighted by Crippen LogP contribution is -1.98. The Morgan fingerprint density at radius 2 is 1.95 bits per heavy atom. The van der Waals surface area contributed by atoms with Crippen LogP contribution in [0.4, 0.5) is 0 Å². The van der Waals surface area contributed by atoms with Gasteiger partial charge in [-0.3, -0.25) is 0 Å². The van der Waals surface area contributed by atoms with Crippen molar-refractivity contribution in [2.75, 3.05) is 7.11 Å². The first-order valence-electron chi connectivity index (χ1n) is 6.53. The van der Waals surface area contributed by atoms with E-state index >= 15 is 0 Å². The molecular formula is C16H14BrClN2O. The second kappa shape index (κ2) is 6.08. The van der Waals surface area contributed by atoms with Crippen molar-refractivity contribution in [2.45, 2.75) is 12.4 Å². The summed E-state index contributed by atoms with van der Waals surface area (Å²) < 4.78 is 8.28. The summed E-state index contributed by atoms with van der Waals surface area (Å²) in [6, 6.07) is 12.2. The summed E-state index contributed by atoms with van der Waals surface area (Å²) in [7, 11) is 1.67. The Kier molecular flexibility index (Phi) is 4.17. The van der Waals surface area contributed by atoms with E-state index in [-0.39, 0.29) is 0 Å². The number of benzene rings is 2. The lowest BCUT2D eigenvalue weighted by molar-refractivity contribution is 0.414. The average Bonchev–Trinajstić information content (AvgIpc) is 2.91. The largest absolute Gasteiger partial charge is 0.497 e. The van der Waals surface area contributed by atoms with Crippen LogP contribution in [0.15, 0.2) is 47.2 Å². The molecule has 3 rings (SSSR count). The molecule has 5 heteroatoms. The van der Waals surface area contributed by atoms with Gasteiger partial charge in [0, 0.05) is 16.9 Å². The second-order valence-corrected chi connectivity index (χ2v) is 5.92. The fraction of sp³-hybridized carbons (Fsp3) is 0.188. The van der Waals surface area contributed by atoms with Crippen molar-refractivity contribution in [3.05, 3.63) is 58.3 Å². The van der Waals surface area contributed by atoms with E-state index in [9.17, 15) is 0 Å². The van der Waals surface area contributed by atoms with Gasteiger partial charge in [0.15, 0.2) is 0 Å². The maximum atomic E-state index is 5.95. The first-order valence-corrected chi connectivity index (χ1v) is 7.86. The molecule has 108 valence electrons. The standard InChI is InChI=1S/C16H14BrClN2O/c1-21-13-4-2-11(3-5-13)9-20-10-19-16-14(17)6-12(8-18)7-15(16)20/h2-7,10H,8-9H2,1H3. The van der Waals surface area contributed by atoms with Gasteiger partial charge in [-0.1, -0.05) is 12.1 Å². The minimum atomic E-state index is 0.488. The van der Waals surface area contributed by atoms with E-state index in [0.29, 0.717) is 5.88 Å². The highest BCUT2D eigenvalue weighted by molar-refractivity contribution is 9.10. The monoisotopic (exact) mass is 364 g/mol. The van der Waals surface area contributed by atoms with Gasteiger partial charge in [-0.25, -0.2) is 4.98 Å². The molecule has 0 unspecified atom stereocenters. The zero-order chi connectivity index (χ0) is 14.8. The molecule has 0 aliphatic heterocycles. The minimum Gasteiger partial charge on any atom is -0.497 e. The van der Waals surface area contributed by atoms with Crippen molar-refractivity contribution >= 4 is 38.6 Å². The smallest absolute Gasteiger partial charge is 0.118 e. The van der Waals surface area contributed by atoms with Gasteiger partial charge >= 0.3 is 0 Å². The van der Waals surface area contributed by atoms with Crippen molar-refractivity contribution in [3.63, 3.8) is 0 Å². The summed E-state index contributed by atoms with van der Waals surface area (Å²) in [6.07, 6.45) is 1.86. The molecule has 1 heterocycles. The summed E-state index contributed by atoms with van der Waals surface area (Å²) in [5, 5.41) is 0. The van der Waals surface area contributed by atoms with E-state index in [4.69, 9.17) is 16.3 Å². The summed E-state index contributed by atoms with van der Waals surface area (Å²) >= 11 is 9.50. The van der Waals surface area contributed by atoms with E-state index < -0.39 is 0 Å². The number of halogens is 2. The number of hydrogen-bond acceptors (Lipinski definition) is 2. The molecule has 0 radical (unpaired) electrons. The highest BCUT2D eigenvalue weighted by Gasteiger charge is 2.08. The van der Waals surface area contributed by atoms with E-state index in [1.807, 2.05) is 24.5 Å². The summed E-state index contributed by atoms with van der Waals surface area (Å²) in [4.78, 5) is 4.47. The summed E-state index contributed by atoms with van der Waals surface area (Å²) in [5.74, 6) is 1.35. The van der Waals surface area contributed by atoms with Gasteiger partial charge in [0.25, 0.3) is 0 Å². The van der Waals surface area contributed by atoms with Gasteiger partial charge in [-0.15, -0.1) is 11.6 Å². The maximum absolute atomic E-state index is 5.95. The molecule has 0 fully saturated rings. The number of methoxy groups -OCH3 is 1. The Bertz CT molecular complexity index is 768. The van der Waals surface area contributed by atoms with Crippen molar-refractivity contribution in [2.24, 2.45) is 0 Å². The number of ether oxygens (including phenoxy) is 1. The molecule has 2 aromatic carbocycles. The third kappa shape index (κ3) is 2.92. The predicted molar refractivity (Wildman–Crippen MR) is 89.1 cm³/mol. The molecule has 3 aromatic rings. The Morgan fingerprint density at radius 3 is 2.62 bits per heavy atom. The Morgan fingerprint density at radius 1 is 1.19 bits per heavy atom. The van der Waals surface area contributed by atoms with Crippen LogP contribution < -0.4 is 4.74 Å². The summed E-state index contributed by atoms with van der Waals surface area (Å²) in [6.45, 7) is 0.763. The van der Waals surface area contributed by atoms with Crippen molar-refractivity contribution in [1.29, 1.82) is 0 Å². The SMILES string of the molecule is COc1ccc(Cn2cnc3c(Br)cc(CCl)cc32)cc1. The molecule has 1 aromatic heterocycles. The molecule has 0 saturated heterocycles. The topological polar surface area (TPSA) is 27.1 Å². The zero-order valence-electron chi connectivity index (χ0n) is 11.5. The number of hydrogen-bond donors (Lipinski definition) is 0. The van der Waals surface area contributed by atoms with Crippen LogP contribution in [0.1, 0.15) is 11.1 Å². The zero-order valence-corrected chi connectivity index (χ0v) is 13.9. The fourth-order valence-corrected chi connectivity index (χ4v) is 3.06. The highest BCUT2D eigenvalue weighted by Crippen LogP contribution is 2.26. The fourth-order valence-electron chi connectivity index (χ4n) is 2.31. The third-order valence-electron chi connectivity index (χ3n) is 3.40. The van der Waals surface area contributed by atoms with Crippen LogP contribution in [0.25, 0.3) is 11.0 Å². The molecule has 0 amide bonds. The normalized spacial score (nSPS) is 11.0. The predicted octanol–water partition coefficient (Wildman–Crippen LogP) is 4.59. The minimum absolute atomic E-state index is 0.488. The molecule has 21 heavy (non-hydrogen) atoms. The van der Waals surface area contributed by atoms with E-state index in [1.54, 1.807) is 7.11 Å². The molecule has 0 aliphatic rings. The van der Waals surface area contributed by atoms with Crippen molar-refractivity contribution in [1.82, 2.24) is 9.55 Å². The van der Waals surface area contributed by atoms with E-state index in [0.717, 1.165) is 33.4 Å². The molecule has 0 bridgehead atoms. The molecule has 0 spiro atoms. The van der Waals surface area contributed by atoms with Gasteiger partial charge in [0.2, 0.25) is 0 Å². The van der Waals surface area contributed by atoms with Gasteiger partial charge in [-0.05, 0) is 51.3 Å². The number of nitrogens with zero attached hydrogens (tertiary/aromatic N) is 2. The van der Waals surface area contributed by atoms with Crippen LogP contribution in [0.2, 0.25) is 0 Å². The maximum Gasteiger partial charge on any atom is 0.118 e. The Hall–Kier alpha value is -1.52. The number of rotatable bonds is 4. The molecular weight excluding hydrogens is 352 g/mol. The first-order chi connectivity index (χ1) is 10.2. The Labute approximate surface area is 136 Å². The third-order valence-corrected chi connectivity index (χ3v) is 4.32. The lowest BCUT2D eigenvalue weighted by atomic mass is 10.2. The quantitative estimate of drug-likeness (QED) is 0.632. The molecule has 0 saturated carbocycles. The van der Waals surface area contributed by atoms with Gasteiger partial charge in [0.1, 0.15) is 11.3 Å². The highest BCUT2D eigenvalue weighted by atomic mass is 79.9. The average molecular weight is 366 g/mol. The van der Waals surface area contributed by atoms with Crippen LogP contribution in [0, 0.1) is 0 Å². The van der Waals surface area contributed by atoms with Crippen LogP contribution in [0.5, 0.6) is 5.75 Å². The number of fused-ring (bicyclic) bond motifs is 1.